The third-order valence-corrected chi connectivity index (χ3v) is 4.98. The van der Waals surface area contributed by atoms with E-state index in [0.717, 1.165) is 18.8 Å². The Labute approximate surface area is 136 Å². The molecule has 0 N–H and O–H groups in total. The maximum Gasteiger partial charge on any atom is 0.410 e. The summed E-state index contributed by atoms with van der Waals surface area (Å²) in [4.78, 5) is 14.1. The Morgan fingerprint density at radius 2 is 1.95 bits per heavy atom. The number of hydrogen-bond donors (Lipinski definition) is 0. The molecule has 1 amide bonds. The number of nitrogens with zero attached hydrogens (tertiary/aromatic N) is 1. The Bertz CT molecular complexity index is 369. The van der Waals surface area contributed by atoms with E-state index in [-0.39, 0.29) is 17.0 Å². The maximum absolute atomic E-state index is 12.1. The standard InChI is InChI=1S/C16H28BrNO3/c1-11-6-5-7-12(8-11)20-14-10-18(9-13(14)17)15(19)21-16(2,3)4/h11-14H,5-10H2,1-4H3. The molecule has 1 heterocycles. The van der Waals surface area contributed by atoms with Gasteiger partial charge < -0.3 is 14.4 Å². The van der Waals surface area contributed by atoms with E-state index in [1.807, 2.05) is 20.8 Å². The van der Waals surface area contributed by atoms with E-state index in [1.54, 1.807) is 4.90 Å². The number of ether oxygens (including phenoxy) is 2. The van der Waals surface area contributed by atoms with Gasteiger partial charge in [0.15, 0.2) is 0 Å². The first-order valence-electron chi connectivity index (χ1n) is 8.02. The SMILES string of the molecule is CC1CCCC(OC2CN(C(=O)OC(C)(C)C)CC2Br)C1. The number of alkyl halides is 1. The van der Waals surface area contributed by atoms with Gasteiger partial charge in [0.25, 0.3) is 0 Å². The van der Waals surface area contributed by atoms with Crippen molar-refractivity contribution in [1.82, 2.24) is 4.90 Å². The highest BCUT2D eigenvalue weighted by molar-refractivity contribution is 9.09. The minimum atomic E-state index is -0.448. The Morgan fingerprint density at radius 1 is 1.24 bits per heavy atom. The van der Waals surface area contributed by atoms with E-state index < -0.39 is 5.60 Å². The first kappa shape index (κ1) is 17.1. The van der Waals surface area contributed by atoms with E-state index in [1.165, 1.54) is 12.8 Å². The normalized spacial score (nSPS) is 34.0. The Kier molecular flexibility index (Phi) is 5.58. The predicted molar refractivity (Wildman–Crippen MR) is 86.8 cm³/mol. The van der Waals surface area contributed by atoms with Crippen molar-refractivity contribution in [2.75, 3.05) is 13.1 Å². The second kappa shape index (κ2) is 6.86. The summed E-state index contributed by atoms with van der Waals surface area (Å²) in [5, 5.41) is 0. The van der Waals surface area contributed by atoms with E-state index in [0.29, 0.717) is 19.2 Å². The fourth-order valence-corrected chi connectivity index (χ4v) is 3.73. The molecule has 5 heteroatoms. The van der Waals surface area contributed by atoms with Gasteiger partial charge in [-0.2, -0.15) is 0 Å². The number of halogens is 1. The lowest BCUT2D eigenvalue weighted by Crippen LogP contribution is -2.36. The number of carbonyl (C=O) groups is 1. The highest BCUT2D eigenvalue weighted by atomic mass is 79.9. The average molecular weight is 362 g/mol. The molecule has 4 unspecified atom stereocenters. The van der Waals surface area contributed by atoms with Crippen LogP contribution in [0.5, 0.6) is 0 Å². The fraction of sp³-hybridized carbons (Fsp3) is 0.938. The monoisotopic (exact) mass is 361 g/mol. The van der Waals surface area contributed by atoms with Gasteiger partial charge >= 0.3 is 6.09 Å². The molecule has 2 aliphatic rings. The van der Waals surface area contributed by atoms with Crippen LogP contribution in [-0.4, -0.2) is 46.7 Å². The number of hydrogen-bond acceptors (Lipinski definition) is 3. The molecule has 0 aromatic heterocycles. The van der Waals surface area contributed by atoms with Crippen LogP contribution in [0.25, 0.3) is 0 Å². The molecule has 0 aromatic carbocycles. The number of rotatable bonds is 2. The van der Waals surface area contributed by atoms with Gasteiger partial charge in [0.2, 0.25) is 0 Å². The summed E-state index contributed by atoms with van der Waals surface area (Å²) in [6.45, 7) is 9.25. The molecule has 0 spiro atoms. The molecular weight excluding hydrogens is 334 g/mol. The molecule has 21 heavy (non-hydrogen) atoms. The van der Waals surface area contributed by atoms with E-state index in [9.17, 15) is 4.79 Å². The van der Waals surface area contributed by atoms with Gasteiger partial charge in [0, 0.05) is 6.54 Å². The van der Waals surface area contributed by atoms with Gasteiger partial charge in [0.1, 0.15) is 5.60 Å². The number of amides is 1. The van der Waals surface area contributed by atoms with Gasteiger partial charge in [-0.25, -0.2) is 4.79 Å². The first-order valence-corrected chi connectivity index (χ1v) is 8.93. The van der Waals surface area contributed by atoms with E-state index in [4.69, 9.17) is 9.47 Å². The van der Waals surface area contributed by atoms with Gasteiger partial charge in [-0.15, -0.1) is 0 Å². The zero-order valence-corrected chi connectivity index (χ0v) is 15.2. The predicted octanol–water partition coefficient (Wildman–Crippen LogP) is 3.96. The highest BCUT2D eigenvalue weighted by Crippen LogP contribution is 2.30. The minimum Gasteiger partial charge on any atom is -0.444 e. The fourth-order valence-electron chi connectivity index (χ4n) is 3.09. The van der Waals surface area contributed by atoms with Gasteiger partial charge in [-0.05, 0) is 39.5 Å². The quantitative estimate of drug-likeness (QED) is 0.698. The molecule has 0 aromatic rings. The van der Waals surface area contributed by atoms with Crippen molar-refractivity contribution in [3.8, 4) is 0 Å². The lowest BCUT2D eigenvalue weighted by Gasteiger charge is -2.30. The summed E-state index contributed by atoms with van der Waals surface area (Å²) in [5.74, 6) is 0.751. The Morgan fingerprint density at radius 3 is 2.57 bits per heavy atom. The van der Waals surface area contributed by atoms with Crippen molar-refractivity contribution in [3.63, 3.8) is 0 Å². The second-order valence-electron chi connectivity index (χ2n) is 7.47. The molecule has 1 aliphatic carbocycles. The average Bonchev–Trinajstić information content (AvgIpc) is 2.69. The number of carbonyl (C=O) groups excluding carboxylic acids is 1. The lowest BCUT2D eigenvalue weighted by atomic mass is 9.88. The van der Waals surface area contributed by atoms with Crippen LogP contribution < -0.4 is 0 Å². The molecule has 2 fully saturated rings. The topological polar surface area (TPSA) is 38.8 Å². The molecular formula is C16H28BrNO3. The molecule has 4 atom stereocenters. The Balaban J connectivity index is 1.84. The summed E-state index contributed by atoms with van der Waals surface area (Å²) in [5.41, 5.74) is -0.448. The molecule has 1 aliphatic heterocycles. The summed E-state index contributed by atoms with van der Waals surface area (Å²) in [6, 6.07) is 0. The number of likely N-dealkylation sites (tertiary alicyclic amines) is 1. The van der Waals surface area contributed by atoms with Gasteiger partial charge in [0.05, 0.1) is 23.6 Å². The van der Waals surface area contributed by atoms with Crippen LogP contribution in [-0.2, 0) is 9.47 Å². The van der Waals surface area contributed by atoms with Gasteiger partial charge in [-0.1, -0.05) is 35.7 Å². The van der Waals surface area contributed by atoms with Gasteiger partial charge in [-0.3, -0.25) is 0 Å². The summed E-state index contributed by atoms with van der Waals surface area (Å²) < 4.78 is 11.7. The molecule has 2 rings (SSSR count). The molecule has 1 saturated carbocycles. The first-order chi connectivity index (χ1) is 9.74. The summed E-state index contributed by atoms with van der Waals surface area (Å²) in [7, 11) is 0. The van der Waals surface area contributed by atoms with Crippen molar-refractivity contribution < 1.29 is 14.3 Å². The summed E-state index contributed by atoms with van der Waals surface area (Å²) in [6.07, 6.45) is 5.03. The van der Waals surface area contributed by atoms with Crippen LogP contribution in [0.2, 0.25) is 0 Å². The largest absolute Gasteiger partial charge is 0.444 e. The third-order valence-electron chi connectivity index (χ3n) is 4.11. The smallest absolute Gasteiger partial charge is 0.410 e. The van der Waals surface area contributed by atoms with Crippen molar-refractivity contribution in [3.05, 3.63) is 0 Å². The van der Waals surface area contributed by atoms with Crippen LogP contribution in [0.3, 0.4) is 0 Å². The van der Waals surface area contributed by atoms with Crippen molar-refractivity contribution in [2.45, 2.75) is 76.0 Å². The van der Waals surface area contributed by atoms with E-state index in [2.05, 4.69) is 22.9 Å². The molecule has 122 valence electrons. The molecule has 4 nitrogen and oxygen atoms in total. The zero-order chi connectivity index (χ0) is 15.6. The third kappa shape index (κ3) is 5.13. The maximum atomic E-state index is 12.1. The lowest BCUT2D eigenvalue weighted by molar-refractivity contribution is -0.0328. The molecule has 0 radical (unpaired) electrons. The highest BCUT2D eigenvalue weighted by Gasteiger charge is 2.38. The van der Waals surface area contributed by atoms with Crippen molar-refractivity contribution in [2.24, 2.45) is 5.92 Å². The zero-order valence-electron chi connectivity index (χ0n) is 13.6. The summed E-state index contributed by atoms with van der Waals surface area (Å²) >= 11 is 3.66. The minimum absolute atomic E-state index is 0.0767. The van der Waals surface area contributed by atoms with Crippen LogP contribution >= 0.6 is 15.9 Å². The second-order valence-corrected chi connectivity index (χ2v) is 8.65. The van der Waals surface area contributed by atoms with Crippen LogP contribution in [0.15, 0.2) is 0 Å². The van der Waals surface area contributed by atoms with Crippen molar-refractivity contribution in [1.29, 1.82) is 0 Å². The Hall–Kier alpha value is -0.290. The van der Waals surface area contributed by atoms with Crippen LogP contribution in [0.4, 0.5) is 4.79 Å². The molecule has 0 bridgehead atoms. The van der Waals surface area contributed by atoms with E-state index >= 15 is 0 Å². The van der Waals surface area contributed by atoms with Crippen molar-refractivity contribution >= 4 is 22.0 Å². The molecule has 1 saturated heterocycles. The van der Waals surface area contributed by atoms with Crippen LogP contribution in [0.1, 0.15) is 53.4 Å². The van der Waals surface area contributed by atoms with Crippen LogP contribution in [0, 0.1) is 5.92 Å².